The molecule has 3 rings (SSSR count). The zero-order valence-electron chi connectivity index (χ0n) is 17.2. The molecule has 2 amide bonds. The second-order valence-electron chi connectivity index (χ2n) is 8.13. The van der Waals surface area contributed by atoms with Crippen LogP contribution >= 0.6 is 0 Å². The third-order valence-corrected chi connectivity index (χ3v) is 6.23. The molecule has 28 heavy (non-hydrogen) atoms. The summed E-state index contributed by atoms with van der Waals surface area (Å²) in [5.41, 5.74) is 3.17. The molecule has 1 aromatic rings. The second kappa shape index (κ2) is 8.94. The molecule has 1 aromatic heterocycles. The number of carbonyl (C=O) groups is 2. The third kappa shape index (κ3) is 4.48. The van der Waals surface area contributed by atoms with E-state index in [1.54, 1.807) is 0 Å². The molecule has 1 aliphatic carbocycles. The first-order valence-corrected chi connectivity index (χ1v) is 10.4. The van der Waals surface area contributed by atoms with Gasteiger partial charge in [-0.25, -0.2) is 4.79 Å². The minimum atomic E-state index is -0.799. The van der Waals surface area contributed by atoms with Crippen LogP contribution in [-0.4, -0.2) is 68.8 Å². The van der Waals surface area contributed by atoms with E-state index in [0.29, 0.717) is 6.54 Å². The van der Waals surface area contributed by atoms with Crippen LogP contribution in [0.15, 0.2) is 0 Å². The molecule has 0 spiro atoms. The van der Waals surface area contributed by atoms with Crippen molar-refractivity contribution in [3.05, 3.63) is 17.0 Å². The van der Waals surface area contributed by atoms with Crippen molar-refractivity contribution < 1.29 is 14.7 Å². The number of carboxylic acids is 1. The van der Waals surface area contributed by atoms with Gasteiger partial charge in [0.25, 0.3) is 0 Å². The number of aromatic amines is 1. The molecule has 1 saturated carbocycles. The molecule has 1 saturated heterocycles. The van der Waals surface area contributed by atoms with E-state index in [1.807, 2.05) is 30.6 Å². The van der Waals surface area contributed by atoms with Crippen molar-refractivity contribution in [1.82, 2.24) is 25.3 Å². The average Bonchev–Trinajstić information content (AvgIpc) is 2.82. The summed E-state index contributed by atoms with van der Waals surface area (Å²) in [5, 5.41) is 19.6. The summed E-state index contributed by atoms with van der Waals surface area (Å²) in [6.45, 7) is 7.54. The molecule has 156 valence electrons. The maximum absolute atomic E-state index is 13.1. The number of hydrogen-bond donors (Lipinski definition) is 3. The fourth-order valence-corrected chi connectivity index (χ4v) is 4.64. The van der Waals surface area contributed by atoms with Crippen LogP contribution in [-0.2, 0) is 4.79 Å². The Morgan fingerprint density at radius 3 is 2.64 bits per heavy atom. The van der Waals surface area contributed by atoms with Crippen molar-refractivity contribution in [2.24, 2.45) is 0 Å². The molecular weight excluding hydrogens is 358 g/mol. The van der Waals surface area contributed by atoms with Crippen LogP contribution in [0.2, 0.25) is 0 Å². The van der Waals surface area contributed by atoms with Crippen LogP contribution in [0.25, 0.3) is 0 Å². The number of nitrogens with one attached hydrogen (secondary N) is 2. The van der Waals surface area contributed by atoms with Crippen LogP contribution in [0, 0.1) is 13.8 Å². The first-order valence-electron chi connectivity index (χ1n) is 10.4. The Balaban J connectivity index is 1.62. The van der Waals surface area contributed by atoms with Crippen LogP contribution in [0.3, 0.4) is 0 Å². The van der Waals surface area contributed by atoms with Crippen molar-refractivity contribution in [2.75, 3.05) is 19.6 Å². The first-order chi connectivity index (χ1) is 13.4. The largest absolute Gasteiger partial charge is 0.480 e. The average molecular weight is 392 g/mol. The lowest BCUT2D eigenvalue weighted by Gasteiger charge is -2.43. The van der Waals surface area contributed by atoms with Gasteiger partial charge < -0.3 is 15.3 Å². The Kier molecular flexibility index (Phi) is 6.59. The van der Waals surface area contributed by atoms with Gasteiger partial charge in [0.05, 0.1) is 18.3 Å². The third-order valence-electron chi connectivity index (χ3n) is 6.23. The monoisotopic (exact) mass is 391 g/mol. The predicted molar refractivity (Wildman–Crippen MR) is 106 cm³/mol. The zero-order valence-corrected chi connectivity index (χ0v) is 17.2. The van der Waals surface area contributed by atoms with Gasteiger partial charge in [-0.05, 0) is 46.1 Å². The number of nitrogens with zero attached hydrogens (tertiary/aromatic N) is 3. The summed E-state index contributed by atoms with van der Waals surface area (Å²) in [6, 6.07) is 0.424. The van der Waals surface area contributed by atoms with E-state index in [9.17, 15) is 9.59 Å². The summed E-state index contributed by atoms with van der Waals surface area (Å²) in [7, 11) is 0. The molecule has 2 aliphatic rings. The Morgan fingerprint density at radius 1 is 1.29 bits per heavy atom. The number of aromatic nitrogens is 2. The molecule has 8 nitrogen and oxygen atoms in total. The van der Waals surface area contributed by atoms with E-state index in [1.165, 1.54) is 0 Å². The van der Waals surface area contributed by atoms with Gasteiger partial charge >= 0.3 is 12.0 Å². The number of carboxylic acid groups (broad SMARTS) is 1. The van der Waals surface area contributed by atoms with Crippen molar-refractivity contribution in [3.8, 4) is 0 Å². The van der Waals surface area contributed by atoms with Crippen LogP contribution in [0.1, 0.15) is 68.4 Å². The number of likely N-dealkylation sites (N-methyl/N-ethyl adjacent to an activating group) is 1. The number of aryl methyl sites for hydroxylation is 2. The molecule has 2 heterocycles. The summed E-state index contributed by atoms with van der Waals surface area (Å²) < 4.78 is 0. The fourth-order valence-electron chi connectivity index (χ4n) is 4.64. The molecule has 1 aliphatic heterocycles. The predicted octanol–water partition coefficient (Wildman–Crippen LogP) is 2.59. The summed E-state index contributed by atoms with van der Waals surface area (Å²) in [5.74, 6) is -0.799. The minimum absolute atomic E-state index is 0.00312. The zero-order chi connectivity index (χ0) is 20.3. The van der Waals surface area contributed by atoms with Crippen molar-refractivity contribution >= 4 is 12.0 Å². The molecule has 0 aromatic carbocycles. The number of H-pyrrole nitrogens is 1. The fraction of sp³-hybridized carbons (Fsp3) is 0.750. The summed E-state index contributed by atoms with van der Waals surface area (Å²) >= 11 is 0. The lowest BCUT2D eigenvalue weighted by Crippen LogP contribution is -2.57. The summed E-state index contributed by atoms with van der Waals surface area (Å²) in [6.07, 6.45) is 5.87. The quantitative estimate of drug-likeness (QED) is 0.692. The molecular formula is C20H33N5O3. The maximum Gasteiger partial charge on any atom is 0.318 e. The standard InChI is InChI=1S/C20H33N5O3/c1-4-24(12-18(26)27)16-10-15(11-16)21-20(28)25-9-7-5-6-8-17(25)19-13(2)22-23-14(19)3/h15-17H,4-12H2,1-3H3,(H,21,28)(H,22,23)(H,26,27). The Hall–Kier alpha value is -2.09. The highest BCUT2D eigenvalue weighted by Gasteiger charge is 2.37. The Morgan fingerprint density at radius 2 is 2.04 bits per heavy atom. The SMILES string of the molecule is CCN(CC(=O)O)C1CC(NC(=O)N2CCCCCC2c2c(C)n[nH]c2C)C1. The van der Waals surface area contributed by atoms with Crippen molar-refractivity contribution in [2.45, 2.75) is 77.4 Å². The van der Waals surface area contributed by atoms with Crippen LogP contribution in [0.5, 0.6) is 0 Å². The number of carbonyl (C=O) groups excluding carboxylic acids is 1. The lowest BCUT2D eigenvalue weighted by atomic mass is 9.85. The molecule has 8 heteroatoms. The number of hydrogen-bond acceptors (Lipinski definition) is 4. The Bertz CT molecular complexity index is 679. The molecule has 1 atom stereocenters. The van der Waals surface area contributed by atoms with Crippen LogP contribution < -0.4 is 5.32 Å². The van der Waals surface area contributed by atoms with E-state index >= 15 is 0 Å². The van der Waals surface area contributed by atoms with E-state index in [0.717, 1.165) is 62.0 Å². The lowest BCUT2D eigenvalue weighted by molar-refractivity contribution is -0.139. The molecule has 2 fully saturated rings. The minimum Gasteiger partial charge on any atom is -0.480 e. The van der Waals surface area contributed by atoms with Gasteiger partial charge in [-0.3, -0.25) is 14.8 Å². The number of urea groups is 1. The molecule has 3 N–H and O–H groups in total. The first kappa shape index (κ1) is 20.6. The van der Waals surface area contributed by atoms with Gasteiger partial charge in [0.1, 0.15) is 0 Å². The van der Waals surface area contributed by atoms with E-state index in [2.05, 4.69) is 15.5 Å². The number of aliphatic carboxylic acids is 1. The van der Waals surface area contributed by atoms with Gasteiger partial charge in [-0.2, -0.15) is 5.10 Å². The number of rotatable bonds is 6. The topological polar surface area (TPSA) is 102 Å². The Labute approximate surface area is 166 Å². The van der Waals surface area contributed by atoms with Gasteiger partial charge in [0.2, 0.25) is 0 Å². The molecule has 1 unspecified atom stereocenters. The highest BCUT2D eigenvalue weighted by atomic mass is 16.4. The second-order valence-corrected chi connectivity index (χ2v) is 8.13. The van der Waals surface area contributed by atoms with Gasteiger partial charge in [-0.15, -0.1) is 0 Å². The highest BCUT2D eigenvalue weighted by Crippen LogP contribution is 2.34. The van der Waals surface area contributed by atoms with E-state index < -0.39 is 5.97 Å². The number of likely N-dealkylation sites (tertiary alicyclic amines) is 1. The smallest absolute Gasteiger partial charge is 0.318 e. The summed E-state index contributed by atoms with van der Waals surface area (Å²) in [4.78, 5) is 28.0. The normalized spacial score (nSPS) is 25.3. The number of amides is 2. The maximum atomic E-state index is 13.1. The van der Waals surface area contributed by atoms with Crippen LogP contribution in [0.4, 0.5) is 4.79 Å². The van der Waals surface area contributed by atoms with E-state index in [4.69, 9.17) is 5.11 Å². The van der Waals surface area contributed by atoms with Gasteiger partial charge in [-0.1, -0.05) is 19.8 Å². The van der Waals surface area contributed by atoms with E-state index in [-0.39, 0.29) is 30.7 Å². The van der Waals surface area contributed by atoms with Crippen molar-refractivity contribution in [3.63, 3.8) is 0 Å². The molecule has 0 bridgehead atoms. The van der Waals surface area contributed by atoms with Crippen molar-refractivity contribution in [1.29, 1.82) is 0 Å². The highest BCUT2D eigenvalue weighted by molar-refractivity contribution is 5.75. The molecule has 0 radical (unpaired) electrons. The van der Waals surface area contributed by atoms with Gasteiger partial charge in [0, 0.05) is 29.9 Å². The van der Waals surface area contributed by atoms with Gasteiger partial charge in [0.15, 0.2) is 0 Å².